The highest BCUT2D eigenvalue weighted by molar-refractivity contribution is 5.84. The molecule has 1 aromatic heterocycles. The summed E-state index contributed by atoms with van der Waals surface area (Å²) in [6, 6.07) is 1.88. The van der Waals surface area contributed by atoms with Gasteiger partial charge in [-0.05, 0) is 26.2 Å². The van der Waals surface area contributed by atoms with Crippen molar-refractivity contribution in [3.05, 3.63) is 17.5 Å². The average molecular weight is 266 g/mol. The van der Waals surface area contributed by atoms with E-state index >= 15 is 0 Å². The molecule has 0 unspecified atom stereocenters. The van der Waals surface area contributed by atoms with Crippen LogP contribution < -0.4 is 5.32 Å². The van der Waals surface area contributed by atoms with Crippen LogP contribution in [-0.4, -0.2) is 23.3 Å². The smallest absolute Gasteiger partial charge is 0.252 e. The van der Waals surface area contributed by atoms with E-state index in [1.165, 1.54) is 0 Å². The number of hydrogen-bond acceptors (Lipinski definition) is 4. The molecule has 0 aromatic carbocycles. The van der Waals surface area contributed by atoms with Gasteiger partial charge in [0, 0.05) is 18.6 Å². The van der Waals surface area contributed by atoms with E-state index in [0.29, 0.717) is 19.1 Å². The molecule has 106 valence electrons. The SMILES string of the molecule is CC(C)c1cc(CNC(=O)[C@]2(C)CCCCO2)no1. The molecular weight excluding hydrogens is 244 g/mol. The molecule has 0 spiro atoms. The number of aromatic nitrogens is 1. The summed E-state index contributed by atoms with van der Waals surface area (Å²) in [5.74, 6) is 1.07. The van der Waals surface area contributed by atoms with Gasteiger partial charge in [0.2, 0.25) is 0 Å². The van der Waals surface area contributed by atoms with Crippen molar-refractivity contribution in [1.82, 2.24) is 10.5 Å². The Morgan fingerprint density at radius 3 is 2.89 bits per heavy atom. The van der Waals surface area contributed by atoms with E-state index in [2.05, 4.69) is 10.5 Å². The van der Waals surface area contributed by atoms with E-state index in [4.69, 9.17) is 9.26 Å². The topological polar surface area (TPSA) is 64.4 Å². The summed E-state index contributed by atoms with van der Waals surface area (Å²) in [5.41, 5.74) is 0.0551. The first-order chi connectivity index (χ1) is 9.01. The Kier molecular flexibility index (Phi) is 4.24. The van der Waals surface area contributed by atoms with Gasteiger partial charge in [-0.3, -0.25) is 4.79 Å². The van der Waals surface area contributed by atoms with Gasteiger partial charge in [0.1, 0.15) is 17.1 Å². The van der Waals surface area contributed by atoms with E-state index in [0.717, 1.165) is 30.7 Å². The molecular formula is C14H22N2O3. The molecule has 1 N–H and O–H groups in total. The molecule has 19 heavy (non-hydrogen) atoms. The van der Waals surface area contributed by atoms with E-state index in [1.54, 1.807) is 0 Å². The Hall–Kier alpha value is -1.36. The van der Waals surface area contributed by atoms with Gasteiger partial charge < -0.3 is 14.6 Å². The summed E-state index contributed by atoms with van der Waals surface area (Å²) in [4.78, 5) is 12.1. The number of rotatable bonds is 4. The number of amides is 1. The van der Waals surface area contributed by atoms with Crippen LogP contribution in [0.3, 0.4) is 0 Å². The number of nitrogens with zero attached hydrogens (tertiary/aromatic N) is 1. The second kappa shape index (κ2) is 5.74. The zero-order valence-corrected chi connectivity index (χ0v) is 11.9. The molecule has 5 nitrogen and oxygen atoms in total. The summed E-state index contributed by atoms with van der Waals surface area (Å²) in [7, 11) is 0. The highest BCUT2D eigenvalue weighted by atomic mass is 16.5. The predicted molar refractivity (Wildman–Crippen MR) is 70.6 cm³/mol. The maximum Gasteiger partial charge on any atom is 0.252 e. The highest BCUT2D eigenvalue weighted by Gasteiger charge is 2.35. The first-order valence-corrected chi connectivity index (χ1v) is 6.89. The fraction of sp³-hybridized carbons (Fsp3) is 0.714. The van der Waals surface area contributed by atoms with Crippen molar-refractivity contribution in [1.29, 1.82) is 0 Å². The standard InChI is InChI=1S/C14H22N2O3/c1-10(2)12-8-11(16-19-12)9-15-13(17)14(3)6-4-5-7-18-14/h8,10H,4-7,9H2,1-3H3,(H,15,17)/t14-/m0/s1. The second-order valence-electron chi connectivity index (χ2n) is 5.59. The predicted octanol–water partition coefficient (Wildman–Crippen LogP) is 2.37. The van der Waals surface area contributed by atoms with Crippen LogP contribution in [0.4, 0.5) is 0 Å². The number of nitrogens with one attached hydrogen (secondary N) is 1. The number of carbonyl (C=O) groups excluding carboxylic acids is 1. The monoisotopic (exact) mass is 266 g/mol. The zero-order chi connectivity index (χ0) is 13.9. The molecule has 1 aliphatic rings. The summed E-state index contributed by atoms with van der Waals surface area (Å²) >= 11 is 0. The maximum absolute atomic E-state index is 12.1. The van der Waals surface area contributed by atoms with Gasteiger partial charge >= 0.3 is 0 Å². The van der Waals surface area contributed by atoms with Gasteiger partial charge in [0.25, 0.3) is 5.91 Å². The van der Waals surface area contributed by atoms with Crippen molar-refractivity contribution in [3.63, 3.8) is 0 Å². The summed E-state index contributed by atoms with van der Waals surface area (Å²) in [5, 5.41) is 6.82. The van der Waals surface area contributed by atoms with Crippen LogP contribution in [0, 0.1) is 0 Å². The van der Waals surface area contributed by atoms with Crippen LogP contribution in [0.5, 0.6) is 0 Å². The molecule has 5 heteroatoms. The van der Waals surface area contributed by atoms with Crippen LogP contribution in [0.1, 0.15) is 57.4 Å². The van der Waals surface area contributed by atoms with Crippen molar-refractivity contribution < 1.29 is 14.1 Å². The molecule has 1 atom stereocenters. The number of ether oxygens (including phenoxy) is 1. The van der Waals surface area contributed by atoms with Gasteiger partial charge in [-0.1, -0.05) is 19.0 Å². The molecule has 2 heterocycles. The quantitative estimate of drug-likeness (QED) is 0.908. The van der Waals surface area contributed by atoms with Crippen molar-refractivity contribution >= 4 is 5.91 Å². The first-order valence-electron chi connectivity index (χ1n) is 6.89. The lowest BCUT2D eigenvalue weighted by molar-refractivity contribution is -0.150. The third-order valence-corrected chi connectivity index (χ3v) is 3.53. The summed E-state index contributed by atoms with van der Waals surface area (Å²) in [6.07, 6.45) is 2.84. The zero-order valence-electron chi connectivity index (χ0n) is 11.9. The molecule has 1 fully saturated rings. The Balaban J connectivity index is 1.88. The molecule has 0 saturated carbocycles. The Morgan fingerprint density at radius 1 is 1.53 bits per heavy atom. The van der Waals surface area contributed by atoms with Gasteiger partial charge in [-0.25, -0.2) is 0 Å². The average Bonchev–Trinajstić information content (AvgIpc) is 2.85. The van der Waals surface area contributed by atoms with Gasteiger partial charge in [0.05, 0.1) is 6.54 Å². The van der Waals surface area contributed by atoms with E-state index in [-0.39, 0.29) is 5.91 Å². The fourth-order valence-corrected chi connectivity index (χ4v) is 2.15. The lowest BCUT2D eigenvalue weighted by atomic mass is 9.95. The van der Waals surface area contributed by atoms with Gasteiger partial charge in [0.15, 0.2) is 0 Å². The molecule has 0 bridgehead atoms. The van der Waals surface area contributed by atoms with Crippen LogP contribution in [-0.2, 0) is 16.1 Å². The number of hydrogen-bond donors (Lipinski definition) is 1. The van der Waals surface area contributed by atoms with Crippen molar-refractivity contribution in [3.8, 4) is 0 Å². The van der Waals surface area contributed by atoms with E-state index in [1.807, 2.05) is 26.8 Å². The maximum atomic E-state index is 12.1. The lowest BCUT2D eigenvalue weighted by Crippen LogP contribution is -2.48. The minimum absolute atomic E-state index is 0.0682. The fourth-order valence-electron chi connectivity index (χ4n) is 2.15. The van der Waals surface area contributed by atoms with Crippen LogP contribution >= 0.6 is 0 Å². The Bertz CT molecular complexity index is 434. The highest BCUT2D eigenvalue weighted by Crippen LogP contribution is 2.24. The minimum atomic E-state index is -0.692. The van der Waals surface area contributed by atoms with Crippen LogP contribution in [0.25, 0.3) is 0 Å². The molecule has 1 amide bonds. The van der Waals surface area contributed by atoms with Crippen molar-refractivity contribution in [2.45, 2.75) is 58.1 Å². The normalized spacial score (nSPS) is 23.6. The van der Waals surface area contributed by atoms with Crippen molar-refractivity contribution in [2.24, 2.45) is 0 Å². The minimum Gasteiger partial charge on any atom is -0.365 e. The first kappa shape index (κ1) is 14.1. The molecule has 1 aliphatic heterocycles. The van der Waals surface area contributed by atoms with Crippen LogP contribution in [0.2, 0.25) is 0 Å². The third-order valence-electron chi connectivity index (χ3n) is 3.53. The Labute approximate surface area is 113 Å². The third kappa shape index (κ3) is 3.35. The largest absolute Gasteiger partial charge is 0.365 e. The summed E-state index contributed by atoms with van der Waals surface area (Å²) < 4.78 is 10.8. The Morgan fingerprint density at radius 2 is 2.32 bits per heavy atom. The van der Waals surface area contributed by atoms with Crippen LogP contribution in [0.15, 0.2) is 10.6 Å². The van der Waals surface area contributed by atoms with E-state index in [9.17, 15) is 4.79 Å². The van der Waals surface area contributed by atoms with Gasteiger partial charge in [-0.2, -0.15) is 0 Å². The second-order valence-corrected chi connectivity index (χ2v) is 5.59. The number of carbonyl (C=O) groups is 1. The molecule has 0 radical (unpaired) electrons. The molecule has 0 aliphatic carbocycles. The van der Waals surface area contributed by atoms with E-state index < -0.39 is 5.60 Å². The van der Waals surface area contributed by atoms with Gasteiger partial charge in [-0.15, -0.1) is 0 Å². The van der Waals surface area contributed by atoms with Crippen molar-refractivity contribution in [2.75, 3.05) is 6.61 Å². The lowest BCUT2D eigenvalue weighted by Gasteiger charge is -2.32. The molecule has 1 aromatic rings. The summed E-state index contributed by atoms with van der Waals surface area (Å²) in [6.45, 7) is 6.97. The molecule has 2 rings (SSSR count). The molecule has 1 saturated heterocycles.